The number of hydrogen-bond donors (Lipinski definition) is 1. The van der Waals surface area contributed by atoms with E-state index in [4.69, 9.17) is 4.42 Å². The summed E-state index contributed by atoms with van der Waals surface area (Å²) < 4.78 is 5.61. The maximum absolute atomic E-state index is 5.61. The average Bonchev–Trinajstić information content (AvgIpc) is 2.76. The van der Waals surface area contributed by atoms with Crippen LogP contribution in [0.3, 0.4) is 0 Å². The first-order valence-electron chi connectivity index (χ1n) is 7.60. The van der Waals surface area contributed by atoms with Gasteiger partial charge in [0.05, 0.1) is 12.2 Å². The number of benzene rings is 1. The Morgan fingerprint density at radius 1 is 1.19 bits per heavy atom. The number of nitrogens with zero attached hydrogens (tertiary/aromatic N) is 1. The monoisotopic (exact) mass is 286 g/mol. The minimum atomic E-state index is 0.149. The topological polar surface area (TPSA) is 38.1 Å². The van der Waals surface area contributed by atoms with E-state index < -0.39 is 0 Å². The molecule has 0 fully saturated rings. The van der Waals surface area contributed by atoms with Gasteiger partial charge in [0, 0.05) is 6.04 Å². The number of aryl methyl sites for hydroxylation is 2. The van der Waals surface area contributed by atoms with Gasteiger partial charge in [0.25, 0.3) is 0 Å². The highest BCUT2D eigenvalue weighted by molar-refractivity contribution is 5.23. The fourth-order valence-electron chi connectivity index (χ4n) is 2.72. The lowest BCUT2D eigenvalue weighted by Crippen LogP contribution is -2.33. The maximum atomic E-state index is 5.61. The lowest BCUT2D eigenvalue weighted by Gasteiger charge is -2.29. The maximum Gasteiger partial charge on any atom is 0.208 e. The number of aromatic nitrogens is 1. The Labute approximate surface area is 127 Å². The third-order valence-electron chi connectivity index (χ3n) is 4.05. The van der Waals surface area contributed by atoms with Gasteiger partial charge in [-0.25, -0.2) is 4.98 Å². The van der Waals surface area contributed by atoms with E-state index >= 15 is 0 Å². The highest BCUT2D eigenvalue weighted by Gasteiger charge is 2.23. The summed E-state index contributed by atoms with van der Waals surface area (Å²) in [5.74, 6) is 1.68. The minimum Gasteiger partial charge on any atom is -0.444 e. The van der Waals surface area contributed by atoms with Gasteiger partial charge in [-0.2, -0.15) is 0 Å². The Morgan fingerprint density at radius 2 is 1.86 bits per heavy atom. The van der Waals surface area contributed by atoms with Crippen LogP contribution in [0.4, 0.5) is 0 Å². The smallest absolute Gasteiger partial charge is 0.208 e. The molecule has 0 radical (unpaired) electrons. The van der Waals surface area contributed by atoms with Crippen molar-refractivity contribution >= 4 is 0 Å². The van der Waals surface area contributed by atoms with Crippen molar-refractivity contribution in [2.24, 2.45) is 0 Å². The SMILES string of the molecule is Cc1nc(CNC(C)CC(C)(C)c2ccccc2)oc1C. The summed E-state index contributed by atoms with van der Waals surface area (Å²) in [6.07, 6.45) is 1.07. The molecule has 0 saturated heterocycles. The summed E-state index contributed by atoms with van der Waals surface area (Å²) in [6, 6.07) is 11.1. The quantitative estimate of drug-likeness (QED) is 0.867. The van der Waals surface area contributed by atoms with Gasteiger partial charge < -0.3 is 9.73 Å². The van der Waals surface area contributed by atoms with E-state index in [0.717, 1.165) is 23.8 Å². The highest BCUT2D eigenvalue weighted by Crippen LogP contribution is 2.28. The van der Waals surface area contributed by atoms with Gasteiger partial charge in [0.15, 0.2) is 0 Å². The van der Waals surface area contributed by atoms with Gasteiger partial charge in [-0.1, -0.05) is 44.2 Å². The summed E-state index contributed by atoms with van der Waals surface area (Å²) in [5.41, 5.74) is 2.50. The third kappa shape index (κ3) is 4.18. The van der Waals surface area contributed by atoms with Crippen LogP contribution < -0.4 is 5.32 Å². The predicted octanol–water partition coefficient (Wildman–Crippen LogP) is 4.14. The van der Waals surface area contributed by atoms with Gasteiger partial charge in [-0.3, -0.25) is 0 Å². The molecule has 0 amide bonds. The predicted molar refractivity (Wildman–Crippen MR) is 86.4 cm³/mol. The van der Waals surface area contributed by atoms with Gasteiger partial charge in [0.2, 0.25) is 5.89 Å². The van der Waals surface area contributed by atoms with E-state index in [1.807, 2.05) is 13.8 Å². The highest BCUT2D eigenvalue weighted by atomic mass is 16.4. The van der Waals surface area contributed by atoms with Crippen molar-refractivity contribution in [2.75, 3.05) is 0 Å². The molecule has 0 bridgehead atoms. The summed E-state index contributed by atoms with van der Waals surface area (Å²) in [6.45, 7) is 11.4. The first-order chi connectivity index (χ1) is 9.88. The van der Waals surface area contributed by atoms with E-state index in [-0.39, 0.29) is 5.41 Å². The number of hydrogen-bond acceptors (Lipinski definition) is 3. The number of oxazole rings is 1. The third-order valence-corrected chi connectivity index (χ3v) is 4.05. The van der Waals surface area contributed by atoms with Crippen LogP contribution in [0.15, 0.2) is 34.7 Å². The molecular weight excluding hydrogens is 260 g/mol. The second-order valence-corrected chi connectivity index (χ2v) is 6.49. The van der Waals surface area contributed by atoms with Gasteiger partial charge >= 0.3 is 0 Å². The first-order valence-corrected chi connectivity index (χ1v) is 7.60. The Balaban J connectivity index is 1.90. The van der Waals surface area contributed by atoms with Crippen LogP contribution in [0.1, 0.15) is 50.1 Å². The van der Waals surface area contributed by atoms with Crippen LogP contribution in [0, 0.1) is 13.8 Å². The molecule has 3 heteroatoms. The van der Waals surface area contributed by atoms with Crippen molar-refractivity contribution in [1.82, 2.24) is 10.3 Å². The van der Waals surface area contributed by atoms with Crippen LogP contribution in [-0.2, 0) is 12.0 Å². The van der Waals surface area contributed by atoms with Crippen molar-refractivity contribution in [3.8, 4) is 0 Å². The van der Waals surface area contributed by atoms with E-state index in [1.165, 1.54) is 5.56 Å². The molecule has 1 unspecified atom stereocenters. The molecule has 0 aliphatic rings. The van der Waals surface area contributed by atoms with Crippen molar-refractivity contribution in [3.05, 3.63) is 53.2 Å². The molecule has 0 aliphatic carbocycles. The normalized spacial score (nSPS) is 13.4. The molecule has 1 aromatic carbocycles. The van der Waals surface area contributed by atoms with E-state index in [1.54, 1.807) is 0 Å². The lowest BCUT2D eigenvalue weighted by molar-refractivity contribution is 0.366. The van der Waals surface area contributed by atoms with Crippen molar-refractivity contribution in [3.63, 3.8) is 0 Å². The fourth-order valence-corrected chi connectivity index (χ4v) is 2.72. The Bertz CT molecular complexity index is 553. The lowest BCUT2D eigenvalue weighted by atomic mass is 9.79. The molecule has 114 valence electrons. The van der Waals surface area contributed by atoms with Crippen LogP contribution in [0.2, 0.25) is 0 Å². The molecule has 1 aromatic heterocycles. The average molecular weight is 286 g/mol. The van der Waals surface area contributed by atoms with Crippen LogP contribution in [-0.4, -0.2) is 11.0 Å². The molecule has 0 aliphatic heterocycles. The van der Waals surface area contributed by atoms with E-state index in [2.05, 4.69) is 61.4 Å². The molecule has 2 rings (SSSR count). The zero-order valence-corrected chi connectivity index (χ0v) is 13.7. The molecule has 1 N–H and O–H groups in total. The Morgan fingerprint density at radius 3 is 2.43 bits per heavy atom. The molecular formula is C18H26N2O. The van der Waals surface area contributed by atoms with Crippen molar-refractivity contribution < 1.29 is 4.42 Å². The van der Waals surface area contributed by atoms with Crippen LogP contribution in [0.5, 0.6) is 0 Å². The van der Waals surface area contributed by atoms with Crippen molar-refractivity contribution in [2.45, 2.75) is 59.0 Å². The molecule has 3 nitrogen and oxygen atoms in total. The van der Waals surface area contributed by atoms with E-state index in [0.29, 0.717) is 12.6 Å². The van der Waals surface area contributed by atoms with Gasteiger partial charge in [-0.15, -0.1) is 0 Å². The standard InChI is InChI=1S/C18H26N2O/c1-13(19-12-17-20-14(2)15(3)21-17)11-18(4,5)16-9-7-6-8-10-16/h6-10,13,19H,11-12H2,1-5H3. The number of nitrogens with one attached hydrogen (secondary N) is 1. The van der Waals surface area contributed by atoms with Gasteiger partial charge in [-0.05, 0) is 38.2 Å². The van der Waals surface area contributed by atoms with Crippen molar-refractivity contribution in [1.29, 1.82) is 0 Å². The zero-order chi connectivity index (χ0) is 15.5. The first kappa shape index (κ1) is 15.8. The molecule has 2 aromatic rings. The molecule has 1 atom stereocenters. The summed E-state index contributed by atoms with van der Waals surface area (Å²) in [7, 11) is 0. The summed E-state index contributed by atoms with van der Waals surface area (Å²) >= 11 is 0. The molecule has 21 heavy (non-hydrogen) atoms. The zero-order valence-electron chi connectivity index (χ0n) is 13.7. The second-order valence-electron chi connectivity index (χ2n) is 6.49. The Kier molecular flexibility index (Phi) is 4.84. The minimum absolute atomic E-state index is 0.149. The van der Waals surface area contributed by atoms with Crippen LogP contribution >= 0.6 is 0 Å². The van der Waals surface area contributed by atoms with Gasteiger partial charge in [0.1, 0.15) is 5.76 Å². The Hall–Kier alpha value is -1.61. The fraction of sp³-hybridized carbons (Fsp3) is 0.500. The second kappa shape index (κ2) is 6.44. The molecule has 0 spiro atoms. The molecule has 0 saturated carbocycles. The largest absolute Gasteiger partial charge is 0.444 e. The summed E-state index contributed by atoms with van der Waals surface area (Å²) in [5, 5.41) is 3.51. The number of rotatable bonds is 6. The summed E-state index contributed by atoms with van der Waals surface area (Å²) in [4.78, 5) is 4.41. The molecule has 1 heterocycles. The van der Waals surface area contributed by atoms with Crippen LogP contribution in [0.25, 0.3) is 0 Å². The van der Waals surface area contributed by atoms with E-state index in [9.17, 15) is 0 Å².